The van der Waals surface area contributed by atoms with E-state index in [1.165, 1.54) is 44.8 Å². The summed E-state index contributed by atoms with van der Waals surface area (Å²) in [6, 6.07) is 47.4. The third-order valence-electron chi connectivity index (χ3n) is 9.41. The molecule has 251 valence electrons. The molecule has 1 fully saturated rings. The Labute approximate surface area is 301 Å². The van der Waals surface area contributed by atoms with E-state index < -0.39 is 0 Å². The first-order chi connectivity index (χ1) is 23.3. The third-order valence-corrected chi connectivity index (χ3v) is 10.6. The number of rotatable bonds is 10. The molecule has 0 bridgehead atoms. The molecule has 0 spiro atoms. The second-order valence-electron chi connectivity index (χ2n) is 13.5. The summed E-state index contributed by atoms with van der Waals surface area (Å²) in [5, 5.41) is 0. The van der Waals surface area contributed by atoms with E-state index in [0.717, 1.165) is 32.4 Å². The van der Waals surface area contributed by atoms with Crippen LogP contribution in [0.5, 0.6) is 0 Å². The predicted molar refractivity (Wildman–Crippen MR) is 205 cm³/mol. The Morgan fingerprint density at radius 1 is 0.688 bits per heavy atom. The van der Waals surface area contributed by atoms with Crippen LogP contribution in [0.15, 0.2) is 133 Å². The summed E-state index contributed by atoms with van der Waals surface area (Å²) in [5.41, 5.74) is 11.1. The van der Waals surface area contributed by atoms with Crippen LogP contribution in [-0.4, -0.2) is 10.1 Å². The molecule has 4 heteroatoms. The van der Waals surface area contributed by atoms with Gasteiger partial charge >= 0.3 is 155 Å². The van der Waals surface area contributed by atoms with Gasteiger partial charge in [0.05, 0.1) is 0 Å². The van der Waals surface area contributed by atoms with Crippen LogP contribution in [0.2, 0.25) is 0 Å². The van der Waals surface area contributed by atoms with Crippen LogP contribution in [0.1, 0.15) is 74.4 Å². The fourth-order valence-electron chi connectivity index (χ4n) is 7.08. The van der Waals surface area contributed by atoms with Gasteiger partial charge in [0.15, 0.2) is 0 Å². The van der Waals surface area contributed by atoms with Crippen molar-refractivity contribution in [3.63, 3.8) is 0 Å². The number of nitrogens with zero attached hydrogens (tertiary/aromatic N) is 2. The summed E-state index contributed by atoms with van der Waals surface area (Å²) in [6.07, 6.45) is 3.28. The van der Waals surface area contributed by atoms with Gasteiger partial charge < -0.3 is 4.90 Å². The zero-order valence-corrected chi connectivity index (χ0v) is 31.5. The maximum absolute atomic E-state index is 6.01. The molecule has 5 aromatic carbocycles. The fraction of sp³-hybridized carbons (Fsp3) is 0.273. The van der Waals surface area contributed by atoms with Crippen molar-refractivity contribution < 1.29 is 15.7 Å². The molecule has 1 unspecified atom stereocenters. The Bertz CT molecular complexity index is 1730. The standard InChI is InChI=1S/C23H30N.C21H19N.ClH.Ru/c1-6-18-12-11-13-19(7-2)21(18)24-17-23(5,16-22(24,3)4)20-14-9-8-10-15-20;1-18-10-8-9-13-20(18)17-22(21-14-6-3-7-15-21)16-19-11-4-2-5-12-19;;/h8-15,17H,6-7,16H2,1-5H3;1-15H,16-17H2;1H;/q-1;;;+1/p-1. The molecule has 6 rings (SSSR count). The van der Waals surface area contributed by atoms with Crippen molar-refractivity contribution in [2.75, 3.05) is 9.80 Å². The fourth-order valence-corrected chi connectivity index (χ4v) is 8.27. The quantitative estimate of drug-likeness (QED) is 0.104. The van der Waals surface area contributed by atoms with Crippen molar-refractivity contribution in [2.45, 2.75) is 77.9 Å². The maximum atomic E-state index is 6.01. The first-order valence-electron chi connectivity index (χ1n) is 17.1. The van der Waals surface area contributed by atoms with Gasteiger partial charge in [0, 0.05) is 11.2 Å². The van der Waals surface area contributed by atoms with Gasteiger partial charge in [-0.05, 0) is 44.2 Å². The average Bonchev–Trinajstić information content (AvgIpc) is 3.38. The summed E-state index contributed by atoms with van der Waals surface area (Å²) in [6.45, 7) is 15.9. The summed E-state index contributed by atoms with van der Waals surface area (Å²) >= 11 is -0.223. The molecule has 1 heterocycles. The van der Waals surface area contributed by atoms with Crippen LogP contribution in [-0.2, 0) is 47.0 Å². The number of halogens is 1. The first-order valence-corrected chi connectivity index (χ1v) is 20.3. The van der Waals surface area contributed by atoms with Crippen LogP contribution >= 0.6 is 9.69 Å². The number of anilines is 2. The average molecular weight is 742 g/mol. The summed E-state index contributed by atoms with van der Waals surface area (Å²) in [5.74, 6) is 0. The third kappa shape index (κ3) is 8.74. The molecule has 0 N–H and O–H groups in total. The van der Waals surface area contributed by atoms with Gasteiger partial charge in [-0.15, -0.1) is 5.41 Å². The Balaban J connectivity index is 0.000000188. The molecule has 1 aliphatic heterocycles. The van der Waals surface area contributed by atoms with E-state index in [0.29, 0.717) is 0 Å². The molecular formula is C44H49ClN2Ru-. The number of hydrogen-bond donors (Lipinski definition) is 0. The molecule has 0 aromatic heterocycles. The first kappa shape index (κ1) is 35.8. The Hall–Kier alpha value is -3.52. The van der Waals surface area contributed by atoms with Gasteiger partial charge in [-0.25, -0.2) is 6.54 Å². The van der Waals surface area contributed by atoms with E-state index in [1.54, 1.807) is 0 Å². The SMILES string of the molecule is CCc1cccc(CC)c1N1[CH-]C(C)(c2ccccc2)CC1(C)C.[Cl][Ru]=[CH]c1ccccc1CN(Cc1ccccc1)c1ccccc1. The number of benzene rings is 5. The van der Waals surface area contributed by atoms with Gasteiger partial charge in [0.1, 0.15) is 0 Å². The van der Waals surface area contributed by atoms with Crippen LogP contribution in [0, 0.1) is 6.54 Å². The summed E-state index contributed by atoms with van der Waals surface area (Å²) < 4.78 is 2.16. The van der Waals surface area contributed by atoms with E-state index in [4.69, 9.17) is 9.69 Å². The predicted octanol–water partition coefficient (Wildman–Crippen LogP) is 11.2. The summed E-state index contributed by atoms with van der Waals surface area (Å²) in [4.78, 5) is 4.98. The number of hydrogen-bond acceptors (Lipinski definition) is 2. The second kappa shape index (κ2) is 16.7. The van der Waals surface area contributed by atoms with E-state index in [9.17, 15) is 0 Å². The summed E-state index contributed by atoms with van der Waals surface area (Å²) in [7, 11) is 6.01. The Morgan fingerprint density at radius 2 is 1.23 bits per heavy atom. The molecular weight excluding hydrogens is 693 g/mol. The van der Waals surface area contributed by atoms with Crippen LogP contribution < -0.4 is 9.80 Å². The molecule has 1 aliphatic rings. The minimum atomic E-state index is -0.223. The van der Waals surface area contributed by atoms with Crippen molar-refractivity contribution in [1.82, 2.24) is 0 Å². The van der Waals surface area contributed by atoms with Crippen molar-refractivity contribution in [3.05, 3.63) is 173 Å². The molecule has 1 saturated heterocycles. The molecule has 0 aliphatic carbocycles. The van der Waals surface area contributed by atoms with Gasteiger partial charge in [-0.3, -0.25) is 0 Å². The zero-order chi connectivity index (χ0) is 34.0. The minimum absolute atomic E-state index is 0.0800. The van der Waals surface area contributed by atoms with E-state index in [2.05, 4.69) is 189 Å². The van der Waals surface area contributed by atoms with Gasteiger partial charge in [-0.1, -0.05) is 74.9 Å². The van der Waals surface area contributed by atoms with Gasteiger partial charge in [0.2, 0.25) is 0 Å². The van der Waals surface area contributed by atoms with Crippen molar-refractivity contribution in [2.24, 2.45) is 0 Å². The molecule has 48 heavy (non-hydrogen) atoms. The Morgan fingerprint density at radius 3 is 1.83 bits per heavy atom. The molecule has 5 aromatic rings. The van der Waals surface area contributed by atoms with Crippen molar-refractivity contribution in [1.29, 1.82) is 0 Å². The van der Waals surface area contributed by atoms with Crippen LogP contribution in [0.25, 0.3) is 0 Å². The van der Waals surface area contributed by atoms with Crippen LogP contribution in [0.4, 0.5) is 11.4 Å². The van der Waals surface area contributed by atoms with E-state index in [1.807, 2.05) is 0 Å². The van der Waals surface area contributed by atoms with Gasteiger partial charge in [0.25, 0.3) is 0 Å². The molecule has 0 saturated carbocycles. The monoisotopic (exact) mass is 742 g/mol. The van der Waals surface area contributed by atoms with Crippen LogP contribution in [0.3, 0.4) is 0 Å². The van der Waals surface area contributed by atoms with E-state index >= 15 is 0 Å². The molecule has 1 atom stereocenters. The second-order valence-corrected chi connectivity index (χ2v) is 15.3. The molecule has 0 radical (unpaired) electrons. The normalized spacial score (nSPS) is 17.0. The van der Waals surface area contributed by atoms with Gasteiger partial charge in [-0.2, -0.15) is 0 Å². The molecule has 2 nitrogen and oxygen atoms in total. The zero-order valence-electron chi connectivity index (χ0n) is 29.0. The van der Waals surface area contributed by atoms with Crippen molar-refractivity contribution in [3.8, 4) is 0 Å². The van der Waals surface area contributed by atoms with E-state index in [-0.39, 0.29) is 26.6 Å². The Kier molecular flexibility index (Phi) is 12.5. The number of para-hydroxylation sites is 2. The van der Waals surface area contributed by atoms with Crippen molar-refractivity contribution >= 4 is 25.7 Å². The molecule has 0 amide bonds. The topological polar surface area (TPSA) is 6.48 Å². The number of aryl methyl sites for hydroxylation is 2.